The van der Waals surface area contributed by atoms with Crippen molar-refractivity contribution in [2.45, 2.75) is 25.4 Å². The molecule has 0 saturated carbocycles. The standard InChI is InChI=1S/C14H13FO2/c15-8-5-6-11-12(7-8)14(17)10-4-2-1-3-9(10)13(11)16/h1-4,8,16-17H,5-7H2. The molecule has 3 rings (SSSR count). The fourth-order valence-corrected chi connectivity index (χ4v) is 2.62. The number of benzene rings is 2. The van der Waals surface area contributed by atoms with Crippen molar-refractivity contribution >= 4 is 10.8 Å². The monoisotopic (exact) mass is 232 g/mol. The number of halogens is 1. The van der Waals surface area contributed by atoms with E-state index in [0.29, 0.717) is 34.7 Å². The summed E-state index contributed by atoms with van der Waals surface area (Å²) in [6, 6.07) is 7.12. The molecule has 0 fully saturated rings. The van der Waals surface area contributed by atoms with Crippen molar-refractivity contribution in [1.82, 2.24) is 0 Å². The molecule has 1 atom stereocenters. The molecule has 1 aliphatic rings. The van der Waals surface area contributed by atoms with E-state index in [-0.39, 0.29) is 17.9 Å². The Kier molecular flexibility index (Phi) is 2.21. The maximum atomic E-state index is 13.4. The molecule has 0 radical (unpaired) electrons. The average molecular weight is 232 g/mol. The van der Waals surface area contributed by atoms with Crippen LogP contribution in [0, 0.1) is 0 Å². The summed E-state index contributed by atoms with van der Waals surface area (Å²) in [4.78, 5) is 0. The highest BCUT2D eigenvalue weighted by Gasteiger charge is 2.25. The molecule has 17 heavy (non-hydrogen) atoms. The summed E-state index contributed by atoms with van der Waals surface area (Å²) in [5, 5.41) is 21.6. The zero-order valence-corrected chi connectivity index (χ0v) is 9.28. The van der Waals surface area contributed by atoms with Gasteiger partial charge < -0.3 is 10.2 Å². The first-order valence-electron chi connectivity index (χ1n) is 5.77. The summed E-state index contributed by atoms with van der Waals surface area (Å²) < 4.78 is 13.4. The molecule has 88 valence electrons. The van der Waals surface area contributed by atoms with Crippen molar-refractivity contribution in [3.05, 3.63) is 35.4 Å². The Morgan fingerprint density at radius 1 is 1.00 bits per heavy atom. The molecule has 0 aromatic heterocycles. The number of rotatable bonds is 0. The first-order chi connectivity index (χ1) is 8.18. The molecule has 2 nitrogen and oxygen atoms in total. The minimum absolute atomic E-state index is 0.121. The normalized spacial score (nSPS) is 19.2. The molecule has 1 aliphatic carbocycles. The third-order valence-electron chi connectivity index (χ3n) is 3.51. The highest BCUT2D eigenvalue weighted by Crippen LogP contribution is 2.43. The van der Waals surface area contributed by atoms with E-state index in [9.17, 15) is 14.6 Å². The Balaban J connectivity index is 2.37. The Hall–Kier alpha value is -1.77. The summed E-state index contributed by atoms with van der Waals surface area (Å²) in [6.45, 7) is 0. The third-order valence-corrected chi connectivity index (χ3v) is 3.51. The fourth-order valence-electron chi connectivity index (χ4n) is 2.62. The maximum absolute atomic E-state index is 13.4. The van der Waals surface area contributed by atoms with Crippen LogP contribution < -0.4 is 0 Å². The fraction of sp³-hybridized carbons (Fsp3) is 0.286. The second-order valence-electron chi connectivity index (χ2n) is 4.54. The average Bonchev–Trinajstić information content (AvgIpc) is 2.36. The minimum Gasteiger partial charge on any atom is -0.507 e. The van der Waals surface area contributed by atoms with Crippen molar-refractivity contribution < 1.29 is 14.6 Å². The molecule has 0 spiro atoms. The van der Waals surface area contributed by atoms with Gasteiger partial charge in [-0.05, 0) is 12.8 Å². The summed E-state index contributed by atoms with van der Waals surface area (Å²) in [5.74, 6) is 0.316. The van der Waals surface area contributed by atoms with Crippen LogP contribution >= 0.6 is 0 Å². The molecule has 1 unspecified atom stereocenters. The summed E-state index contributed by atoms with van der Waals surface area (Å²) in [7, 11) is 0. The first-order valence-corrected chi connectivity index (χ1v) is 5.77. The highest BCUT2D eigenvalue weighted by atomic mass is 19.1. The number of aromatic hydroxyl groups is 2. The Labute approximate surface area is 98.3 Å². The Bertz CT molecular complexity index is 592. The summed E-state index contributed by atoms with van der Waals surface area (Å²) in [5.41, 5.74) is 1.27. The number of phenolic OH excluding ortho intramolecular Hbond substituents is 2. The minimum atomic E-state index is -0.922. The van der Waals surface area contributed by atoms with Gasteiger partial charge in [0.1, 0.15) is 17.7 Å². The van der Waals surface area contributed by atoms with Gasteiger partial charge in [0, 0.05) is 28.3 Å². The molecule has 0 aliphatic heterocycles. The van der Waals surface area contributed by atoms with Gasteiger partial charge in [-0.15, -0.1) is 0 Å². The van der Waals surface area contributed by atoms with E-state index in [1.807, 2.05) is 6.07 Å². The smallest absolute Gasteiger partial charge is 0.127 e. The van der Waals surface area contributed by atoms with Crippen molar-refractivity contribution in [1.29, 1.82) is 0 Å². The van der Waals surface area contributed by atoms with Crippen LogP contribution in [0.5, 0.6) is 11.5 Å². The van der Waals surface area contributed by atoms with E-state index < -0.39 is 6.17 Å². The molecular weight excluding hydrogens is 219 g/mol. The lowest BCUT2D eigenvalue weighted by Gasteiger charge is -2.22. The van der Waals surface area contributed by atoms with E-state index in [2.05, 4.69) is 0 Å². The predicted octanol–water partition coefficient (Wildman–Crippen LogP) is 3.08. The van der Waals surface area contributed by atoms with E-state index >= 15 is 0 Å². The zero-order chi connectivity index (χ0) is 12.0. The SMILES string of the molecule is Oc1c2c(c(O)c3ccccc13)CC(F)CC2. The predicted molar refractivity (Wildman–Crippen MR) is 64.2 cm³/mol. The molecule has 0 saturated heterocycles. The second-order valence-corrected chi connectivity index (χ2v) is 4.54. The topological polar surface area (TPSA) is 40.5 Å². The number of hydrogen-bond acceptors (Lipinski definition) is 2. The van der Waals surface area contributed by atoms with Gasteiger partial charge in [-0.2, -0.15) is 0 Å². The van der Waals surface area contributed by atoms with Gasteiger partial charge in [-0.3, -0.25) is 0 Å². The van der Waals surface area contributed by atoms with Crippen molar-refractivity contribution in [3.8, 4) is 11.5 Å². The first kappa shape index (κ1) is 10.4. The van der Waals surface area contributed by atoms with Crippen LogP contribution in [0.3, 0.4) is 0 Å². The molecule has 2 aromatic rings. The highest BCUT2D eigenvalue weighted by molar-refractivity contribution is 5.95. The van der Waals surface area contributed by atoms with Crippen LogP contribution in [0.4, 0.5) is 4.39 Å². The van der Waals surface area contributed by atoms with Crippen LogP contribution in [-0.4, -0.2) is 16.4 Å². The van der Waals surface area contributed by atoms with Crippen molar-refractivity contribution in [2.75, 3.05) is 0 Å². The van der Waals surface area contributed by atoms with Crippen LogP contribution in [0.1, 0.15) is 17.5 Å². The van der Waals surface area contributed by atoms with Gasteiger partial charge in [-0.25, -0.2) is 4.39 Å². The summed E-state index contributed by atoms with van der Waals surface area (Å²) in [6.07, 6.45) is 0.174. The number of fused-ring (bicyclic) bond motifs is 2. The lowest BCUT2D eigenvalue weighted by Crippen LogP contribution is -2.15. The zero-order valence-electron chi connectivity index (χ0n) is 9.28. The van der Waals surface area contributed by atoms with Gasteiger partial charge in [-0.1, -0.05) is 24.3 Å². The van der Waals surface area contributed by atoms with Crippen molar-refractivity contribution in [2.24, 2.45) is 0 Å². The Morgan fingerprint density at radius 3 is 2.24 bits per heavy atom. The number of alkyl halides is 1. The van der Waals surface area contributed by atoms with Crippen molar-refractivity contribution in [3.63, 3.8) is 0 Å². The van der Waals surface area contributed by atoms with Crippen LogP contribution in [0.25, 0.3) is 10.8 Å². The molecule has 0 heterocycles. The molecule has 3 heteroatoms. The van der Waals surface area contributed by atoms with E-state index in [0.717, 1.165) is 0 Å². The van der Waals surface area contributed by atoms with Crippen LogP contribution in [0.15, 0.2) is 24.3 Å². The molecule has 2 N–H and O–H groups in total. The number of hydrogen-bond donors (Lipinski definition) is 2. The quantitative estimate of drug-likeness (QED) is 0.685. The van der Waals surface area contributed by atoms with Gasteiger partial charge in [0.25, 0.3) is 0 Å². The lowest BCUT2D eigenvalue weighted by atomic mass is 9.86. The van der Waals surface area contributed by atoms with E-state index in [4.69, 9.17) is 0 Å². The van der Waals surface area contributed by atoms with Gasteiger partial charge >= 0.3 is 0 Å². The maximum Gasteiger partial charge on any atom is 0.127 e. The molecule has 0 bridgehead atoms. The van der Waals surface area contributed by atoms with E-state index in [1.165, 1.54) is 0 Å². The molecule has 2 aromatic carbocycles. The molecular formula is C14H13FO2. The number of phenols is 2. The van der Waals surface area contributed by atoms with Gasteiger partial charge in [0.15, 0.2) is 0 Å². The van der Waals surface area contributed by atoms with Gasteiger partial charge in [0.2, 0.25) is 0 Å². The van der Waals surface area contributed by atoms with Gasteiger partial charge in [0.05, 0.1) is 0 Å². The second kappa shape index (κ2) is 3.62. The molecule has 0 amide bonds. The Morgan fingerprint density at radius 2 is 1.59 bits per heavy atom. The largest absolute Gasteiger partial charge is 0.507 e. The van der Waals surface area contributed by atoms with Crippen LogP contribution in [-0.2, 0) is 12.8 Å². The third kappa shape index (κ3) is 1.46. The van der Waals surface area contributed by atoms with E-state index in [1.54, 1.807) is 18.2 Å². The lowest BCUT2D eigenvalue weighted by molar-refractivity contribution is 0.294. The summed E-state index contributed by atoms with van der Waals surface area (Å²) >= 11 is 0. The van der Waals surface area contributed by atoms with Crippen LogP contribution in [0.2, 0.25) is 0 Å².